The van der Waals surface area contributed by atoms with Gasteiger partial charge in [0.2, 0.25) is 11.8 Å². The molecule has 0 spiro atoms. The number of fused-ring (bicyclic) bond motifs is 1. The highest BCUT2D eigenvalue weighted by atomic mass is 16.5. The van der Waals surface area contributed by atoms with E-state index in [2.05, 4.69) is 31.3 Å². The molecular formula is C27H34N2O4. The molecule has 1 fully saturated rings. The summed E-state index contributed by atoms with van der Waals surface area (Å²) in [5.41, 5.74) is 3.44. The van der Waals surface area contributed by atoms with Crippen molar-refractivity contribution in [1.82, 2.24) is 10.2 Å². The molecule has 4 rings (SSSR count). The fourth-order valence-corrected chi connectivity index (χ4v) is 5.44. The summed E-state index contributed by atoms with van der Waals surface area (Å²) >= 11 is 0. The van der Waals surface area contributed by atoms with Crippen LogP contribution in [0.1, 0.15) is 43.4 Å². The summed E-state index contributed by atoms with van der Waals surface area (Å²) < 4.78 is 10.9. The number of carbonyl (C=O) groups is 2. The average Bonchev–Trinajstić information content (AvgIpc) is 3.27. The highest BCUT2D eigenvalue weighted by molar-refractivity contribution is 5.97. The van der Waals surface area contributed by atoms with Crippen LogP contribution in [-0.2, 0) is 29.0 Å². The van der Waals surface area contributed by atoms with E-state index in [4.69, 9.17) is 9.47 Å². The molecule has 2 aromatic carbocycles. The smallest absolute Gasteiger partial charge is 0.246 e. The summed E-state index contributed by atoms with van der Waals surface area (Å²) in [6, 6.07) is 13.0. The molecule has 1 saturated heterocycles. The van der Waals surface area contributed by atoms with Crippen molar-refractivity contribution in [2.24, 2.45) is 11.8 Å². The number of benzene rings is 2. The quantitative estimate of drug-likeness (QED) is 0.665. The molecular weight excluding hydrogens is 416 g/mol. The van der Waals surface area contributed by atoms with Gasteiger partial charge in [0, 0.05) is 12.6 Å². The van der Waals surface area contributed by atoms with Crippen LogP contribution < -0.4 is 14.8 Å². The number of piperazine rings is 1. The third kappa shape index (κ3) is 4.56. The van der Waals surface area contributed by atoms with Crippen molar-refractivity contribution < 1.29 is 19.1 Å². The Kier molecular flexibility index (Phi) is 6.91. The zero-order valence-corrected chi connectivity index (χ0v) is 20.0. The van der Waals surface area contributed by atoms with Crippen LogP contribution in [0.4, 0.5) is 0 Å². The maximum absolute atomic E-state index is 13.9. The van der Waals surface area contributed by atoms with Gasteiger partial charge < -0.3 is 19.7 Å². The number of ether oxygens (including phenoxy) is 2. The summed E-state index contributed by atoms with van der Waals surface area (Å²) in [5.74, 6) is 1.47. The zero-order valence-electron chi connectivity index (χ0n) is 20.0. The van der Waals surface area contributed by atoms with E-state index in [1.165, 1.54) is 11.1 Å². The van der Waals surface area contributed by atoms with Crippen LogP contribution in [-0.4, -0.2) is 43.0 Å². The van der Waals surface area contributed by atoms with E-state index in [1.54, 1.807) is 19.1 Å². The van der Waals surface area contributed by atoms with E-state index in [0.717, 1.165) is 31.2 Å². The summed E-state index contributed by atoms with van der Waals surface area (Å²) in [6.07, 6.45) is 3.28. The van der Waals surface area contributed by atoms with E-state index in [9.17, 15) is 9.59 Å². The van der Waals surface area contributed by atoms with Crippen LogP contribution >= 0.6 is 0 Å². The van der Waals surface area contributed by atoms with Gasteiger partial charge in [-0.15, -0.1) is 0 Å². The fourth-order valence-electron chi connectivity index (χ4n) is 5.44. The number of rotatable bonds is 8. The number of carbonyl (C=O) groups excluding carboxylic acids is 2. The first kappa shape index (κ1) is 23.1. The third-order valence-electron chi connectivity index (χ3n) is 7.26. The first-order valence-corrected chi connectivity index (χ1v) is 11.9. The Morgan fingerprint density at radius 1 is 0.970 bits per heavy atom. The molecule has 1 aliphatic carbocycles. The van der Waals surface area contributed by atoms with E-state index < -0.39 is 12.1 Å². The Balaban J connectivity index is 1.66. The number of nitrogens with zero attached hydrogens (tertiary/aromatic N) is 1. The molecule has 6 nitrogen and oxygen atoms in total. The highest BCUT2D eigenvalue weighted by Gasteiger charge is 2.46. The van der Waals surface area contributed by atoms with E-state index >= 15 is 0 Å². The summed E-state index contributed by atoms with van der Waals surface area (Å²) in [4.78, 5) is 29.2. The topological polar surface area (TPSA) is 67.9 Å². The van der Waals surface area contributed by atoms with Crippen molar-refractivity contribution in [3.8, 4) is 11.5 Å². The summed E-state index contributed by atoms with van der Waals surface area (Å²) in [5, 5.41) is 3.12. The second kappa shape index (κ2) is 9.86. The van der Waals surface area contributed by atoms with Crippen LogP contribution in [0.2, 0.25) is 0 Å². The third-order valence-corrected chi connectivity index (χ3v) is 7.26. The molecule has 2 aromatic rings. The number of hydrogen-bond donors (Lipinski definition) is 1. The number of nitrogens with one attached hydrogen (secondary N) is 1. The van der Waals surface area contributed by atoms with Gasteiger partial charge in [-0.2, -0.15) is 0 Å². The van der Waals surface area contributed by atoms with Crippen molar-refractivity contribution in [2.45, 2.75) is 58.2 Å². The molecule has 0 unspecified atom stereocenters. The largest absolute Gasteiger partial charge is 0.497 e. The molecule has 1 heterocycles. The lowest BCUT2D eigenvalue weighted by atomic mass is 9.86. The Bertz CT molecular complexity index is 970. The van der Waals surface area contributed by atoms with E-state index in [0.29, 0.717) is 18.0 Å². The van der Waals surface area contributed by atoms with Gasteiger partial charge in [-0.05, 0) is 53.5 Å². The van der Waals surface area contributed by atoms with Gasteiger partial charge in [0.1, 0.15) is 23.6 Å². The van der Waals surface area contributed by atoms with Crippen molar-refractivity contribution in [1.29, 1.82) is 0 Å². The Labute approximate surface area is 196 Å². The van der Waals surface area contributed by atoms with Crippen molar-refractivity contribution in [3.63, 3.8) is 0 Å². The van der Waals surface area contributed by atoms with Crippen molar-refractivity contribution in [3.05, 3.63) is 59.2 Å². The Morgan fingerprint density at radius 3 is 2.06 bits per heavy atom. The highest BCUT2D eigenvalue weighted by Crippen LogP contribution is 2.34. The molecule has 2 amide bonds. The van der Waals surface area contributed by atoms with Crippen LogP contribution in [0, 0.1) is 11.8 Å². The van der Waals surface area contributed by atoms with Gasteiger partial charge in [0.25, 0.3) is 0 Å². The molecule has 0 radical (unpaired) electrons. The van der Waals surface area contributed by atoms with Gasteiger partial charge in [-0.25, -0.2) is 0 Å². The molecule has 2 atom stereocenters. The van der Waals surface area contributed by atoms with E-state index in [1.807, 2.05) is 30.3 Å². The van der Waals surface area contributed by atoms with Gasteiger partial charge in [-0.3, -0.25) is 9.59 Å². The minimum absolute atomic E-state index is 0.00564. The monoisotopic (exact) mass is 450 g/mol. The molecule has 0 saturated carbocycles. The lowest BCUT2D eigenvalue weighted by Gasteiger charge is -2.43. The predicted octanol–water partition coefficient (Wildman–Crippen LogP) is 3.75. The Hall–Kier alpha value is -3.02. The standard InChI is InChI=1S/C27H34N2O4/c1-5-18(6-2)25-26(30)28-24(21-13-19-9-7-8-10-20(19)14-21)27(31)29(25)16-17-11-22(32-3)15-23(12-17)33-4/h7-12,15,18,21,24-25H,5-6,13-14,16H2,1-4H3,(H,28,30)/t24-,25-/m1/s1. The molecule has 6 heteroatoms. The molecule has 2 aliphatic rings. The van der Waals surface area contributed by atoms with Crippen molar-refractivity contribution >= 4 is 11.8 Å². The maximum atomic E-state index is 13.9. The molecule has 1 aliphatic heterocycles. The van der Waals surface area contributed by atoms with Gasteiger partial charge in [0.15, 0.2) is 0 Å². The summed E-state index contributed by atoms with van der Waals surface area (Å²) in [6.45, 7) is 4.51. The van der Waals surface area contributed by atoms with Gasteiger partial charge in [0.05, 0.1) is 14.2 Å². The Morgan fingerprint density at radius 2 is 1.55 bits per heavy atom. The van der Waals surface area contributed by atoms with Gasteiger partial charge in [-0.1, -0.05) is 51.0 Å². The molecule has 1 N–H and O–H groups in total. The first-order valence-electron chi connectivity index (χ1n) is 11.9. The van der Waals surface area contributed by atoms with E-state index in [-0.39, 0.29) is 23.7 Å². The molecule has 0 bridgehead atoms. The minimum Gasteiger partial charge on any atom is -0.497 e. The van der Waals surface area contributed by atoms with Crippen LogP contribution in [0.3, 0.4) is 0 Å². The fraction of sp³-hybridized carbons (Fsp3) is 0.481. The second-order valence-corrected chi connectivity index (χ2v) is 9.13. The molecule has 0 aromatic heterocycles. The second-order valence-electron chi connectivity index (χ2n) is 9.13. The summed E-state index contributed by atoms with van der Waals surface area (Å²) in [7, 11) is 3.22. The number of amides is 2. The molecule has 176 valence electrons. The van der Waals surface area contributed by atoms with Crippen LogP contribution in [0.5, 0.6) is 11.5 Å². The van der Waals surface area contributed by atoms with Crippen LogP contribution in [0.25, 0.3) is 0 Å². The van der Waals surface area contributed by atoms with Crippen molar-refractivity contribution in [2.75, 3.05) is 14.2 Å². The lowest BCUT2D eigenvalue weighted by molar-refractivity contribution is -0.154. The normalized spacial score (nSPS) is 20.7. The first-order chi connectivity index (χ1) is 16.0. The van der Waals surface area contributed by atoms with Crippen LogP contribution in [0.15, 0.2) is 42.5 Å². The van der Waals surface area contributed by atoms with Gasteiger partial charge >= 0.3 is 0 Å². The lowest BCUT2D eigenvalue weighted by Crippen LogP contribution is -2.66. The number of hydrogen-bond acceptors (Lipinski definition) is 4. The minimum atomic E-state index is -0.511. The number of methoxy groups -OCH3 is 2. The predicted molar refractivity (Wildman–Crippen MR) is 127 cm³/mol. The average molecular weight is 451 g/mol. The molecule has 33 heavy (non-hydrogen) atoms. The SMILES string of the molecule is CCC(CC)[C@@H]1C(=O)N[C@H](C2Cc3ccccc3C2)C(=O)N1Cc1cc(OC)cc(OC)c1. The maximum Gasteiger partial charge on any atom is 0.246 e. The zero-order chi connectivity index (χ0) is 23.5.